The summed E-state index contributed by atoms with van der Waals surface area (Å²) in [4.78, 5) is 10.4. The Morgan fingerprint density at radius 2 is 2.15 bits per heavy atom. The molecule has 1 unspecified atom stereocenters. The normalized spacial score (nSPS) is 24.7. The van der Waals surface area contributed by atoms with Crippen LogP contribution in [0, 0.1) is 21.3 Å². The zero-order chi connectivity index (χ0) is 15.0. The molecule has 1 aliphatic rings. The lowest BCUT2D eigenvalue weighted by atomic mass is 9.81. The zero-order valence-electron chi connectivity index (χ0n) is 10.7. The molecule has 0 aromatic heterocycles. The van der Waals surface area contributed by atoms with Gasteiger partial charge in [0.25, 0.3) is 5.69 Å². The highest BCUT2D eigenvalue weighted by Crippen LogP contribution is 2.37. The molecule has 0 spiro atoms. The smallest absolute Gasteiger partial charge is 0.272 e. The maximum Gasteiger partial charge on any atom is 0.272 e. The van der Waals surface area contributed by atoms with Gasteiger partial charge in [0.2, 0.25) is 0 Å². The monoisotopic (exact) mass is 302 g/mol. The van der Waals surface area contributed by atoms with E-state index in [4.69, 9.17) is 5.73 Å². The van der Waals surface area contributed by atoms with Gasteiger partial charge in [-0.25, -0.2) is 12.8 Å². The fourth-order valence-corrected chi connectivity index (χ4v) is 4.82. The lowest BCUT2D eigenvalue weighted by Gasteiger charge is -2.25. The molecule has 1 aromatic carbocycles. The third kappa shape index (κ3) is 2.96. The van der Waals surface area contributed by atoms with Crippen molar-refractivity contribution in [3.05, 3.63) is 39.7 Å². The summed E-state index contributed by atoms with van der Waals surface area (Å²) in [5, 5.41) is 11.0. The van der Waals surface area contributed by atoms with E-state index in [2.05, 4.69) is 0 Å². The molecule has 1 aromatic rings. The summed E-state index contributed by atoms with van der Waals surface area (Å²) in [5.41, 5.74) is 4.92. The standard InChI is InChI=1S/C12H15FN2O4S/c13-10-1-2-11(15(16)17)9(5-10)6-12(7-14)3-4-20(18,19)8-12/h1-2,5H,3-4,6-8,14H2. The number of rotatable bonds is 4. The molecule has 1 atom stereocenters. The Bertz CT molecular complexity index is 647. The number of nitrogens with zero attached hydrogens (tertiary/aromatic N) is 1. The topological polar surface area (TPSA) is 103 Å². The summed E-state index contributed by atoms with van der Waals surface area (Å²) in [6.45, 7) is 0.0971. The van der Waals surface area contributed by atoms with Crippen molar-refractivity contribution in [3.63, 3.8) is 0 Å². The average molecular weight is 302 g/mol. The van der Waals surface area contributed by atoms with E-state index >= 15 is 0 Å². The predicted octanol–water partition coefficient (Wildman–Crippen LogP) is 1.04. The minimum atomic E-state index is -3.17. The van der Waals surface area contributed by atoms with E-state index in [9.17, 15) is 22.9 Å². The van der Waals surface area contributed by atoms with Crippen LogP contribution >= 0.6 is 0 Å². The first-order chi connectivity index (χ1) is 9.27. The van der Waals surface area contributed by atoms with Crippen molar-refractivity contribution in [1.29, 1.82) is 0 Å². The van der Waals surface area contributed by atoms with Crippen molar-refractivity contribution in [3.8, 4) is 0 Å². The highest BCUT2D eigenvalue weighted by atomic mass is 32.2. The lowest BCUT2D eigenvalue weighted by Crippen LogP contribution is -2.34. The molecule has 0 amide bonds. The minimum Gasteiger partial charge on any atom is -0.330 e. The number of nitro groups is 1. The maximum absolute atomic E-state index is 13.3. The van der Waals surface area contributed by atoms with Crippen LogP contribution in [0.4, 0.5) is 10.1 Å². The molecule has 0 bridgehead atoms. The average Bonchev–Trinajstić information content (AvgIpc) is 2.65. The first kappa shape index (κ1) is 14.9. The van der Waals surface area contributed by atoms with Crippen LogP contribution in [0.1, 0.15) is 12.0 Å². The first-order valence-corrected chi connectivity index (χ1v) is 7.92. The second-order valence-electron chi connectivity index (χ2n) is 5.25. The summed E-state index contributed by atoms with van der Waals surface area (Å²) in [6.07, 6.45) is 0.441. The molecular formula is C12H15FN2O4S. The molecule has 6 nitrogen and oxygen atoms in total. The molecule has 1 heterocycles. The third-order valence-electron chi connectivity index (χ3n) is 3.71. The summed E-state index contributed by atoms with van der Waals surface area (Å²) in [6, 6.07) is 3.20. The third-order valence-corrected chi connectivity index (χ3v) is 5.58. The largest absolute Gasteiger partial charge is 0.330 e. The maximum atomic E-state index is 13.3. The number of nitro benzene ring substituents is 1. The van der Waals surface area contributed by atoms with Gasteiger partial charge in [-0.3, -0.25) is 10.1 Å². The molecule has 110 valence electrons. The highest BCUT2D eigenvalue weighted by Gasteiger charge is 2.42. The van der Waals surface area contributed by atoms with Crippen LogP contribution in [0.15, 0.2) is 18.2 Å². The second kappa shape index (κ2) is 5.10. The Balaban J connectivity index is 2.38. The quantitative estimate of drug-likeness (QED) is 0.661. The lowest BCUT2D eigenvalue weighted by molar-refractivity contribution is -0.385. The summed E-state index contributed by atoms with van der Waals surface area (Å²) < 4.78 is 36.5. The van der Waals surface area contributed by atoms with Crippen LogP contribution in [0.3, 0.4) is 0 Å². The van der Waals surface area contributed by atoms with Gasteiger partial charge in [-0.15, -0.1) is 0 Å². The Kier molecular flexibility index (Phi) is 3.79. The van der Waals surface area contributed by atoms with Crippen LogP contribution in [0.5, 0.6) is 0 Å². The van der Waals surface area contributed by atoms with Gasteiger partial charge in [0.1, 0.15) is 5.82 Å². The SMILES string of the molecule is NCC1(Cc2cc(F)ccc2[N+](=O)[O-])CCS(=O)(=O)C1. The molecule has 0 aliphatic carbocycles. The second-order valence-corrected chi connectivity index (χ2v) is 7.44. The van der Waals surface area contributed by atoms with Crippen LogP contribution in [-0.2, 0) is 16.3 Å². The fourth-order valence-electron chi connectivity index (χ4n) is 2.63. The molecule has 1 fully saturated rings. The van der Waals surface area contributed by atoms with Gasteiger partial charge in [-0.05, 0) is 31.5 Å². The van der Waals surface area contributed by atoms with Crippen molar-refractivity contribution in [2.75, 3.05) is 18.1 Å². The van der Waals surface area contributed by atoms with Gasteiger partial charge in [0, 0.05) is 17.0 Å². The minimum absolute atomic E-state index is 0.0211. The van der Waals surface area contributed by atoms with Gasteiger partial charge in [0.15, 0.2) is 9.84 Å². The Labute approximate surface area is 115 Å². The summed E-state index contributed by atoms with van der Waals surface area (Å²) in [7, 11) is -3.17. The first-order valence-electron chi connectivity index (χ1n) is 6.10. The Hall–Kier alpha value is -1.54. The number of benzene rings is 1. The number of hydrogen-bond donors (Lipinski definition) is 1. The number of sulfone groups is 1. The Morgan fingerprint density at radius 1 is 1.45 bits per heavy atom. The number of halogens is 1. The Morgan fingerprint density at radius 3 is 2.65 bits per heavy atom. The molecule has 2 N–H and O–H groups in total. The van der Waals surface area contributed by atoms with Crippen molar-refractivity contribution in [2.24, 2.45) is 11.1 Å². The molecule has 1 saturated heterocycles. The van der Waals surface area contributed by atoms with Crippen molar-refractivity contribution >= 4 is 15.5 Å². The molecule has 20 heavy (non-hydrogen) atoms. The highest BCUT2D eigenvalue weighted by molar-refractivity contribution is 7.91. The fraction of sp³-hybridized carbons (Fsp3) is 0.500. The summed E-state index contributed by atoms with van der Waals surface area (Å²) >= 11 is 0. The molecular weight excluding hydrogens is 287 g/mol. The van der Waals surface area contributed by atoms with E-state index < -0.39 is 26.0 Å². The molecule has 2 rings (SSSR count). The van der Waals surface area contributed by atoms with Crippen LogP contribution < -0.4 is 5.73 Å². The molecule has 1 aliphatic heterocycles. The summed E-state index contributed by atoms with van der Waals surface area (Å²) in [5.74, 6) is -0.670. The van der Waals surface area contributed by atoms with Gasteiger partial charge >= 0.3 is 0 Å². The number of nitrogens with two attached hydrogens (primary N) is 1. The van der Waals surface area contributed by atoms with E-state index in [1.54, 1.807) is 0 Å². The zero-order valence-corrected chi connectivity index (χ0v) is 11.5. The number of hydrogen-bond acceptors (Lipinski definition) is 5. The van der Waals surface area contributed by atoms with Crippen LogP contribution in [0.2, 0.25) is 0 Å². The van der Waals surface area contributed by atoms with E-state index in [0.717, 1.165) is 18.2 Å². The van der Waals surface area contributed by atoms with Crippen molar-refractivity contribution in [2.45, 2.75) is 12.8 Å². The van der Waals surface area contributed by atoms with E-state index in [1.807, 2.05) is 0 Å². The van der Waals surface area contributed by atoms with Gasteiger partial charge in [-0.2, -0.15) is 0 Å². The van der Waals surface area contributed by atoms with E-state index in [1.165, 1.54) is 0 Å². The molecule has 8 heteroatoms. The van der Waals surface area contributed by atoms with Gasteiger partial charge in [0.05, 0.1) is 16.4 Å². The molecule has 0 saturated carbocycles. The van der Waals surface area contributed by atoms with Crippen molar-refractivity contribution in [1.82, 2.24) is 0 Å². The van der Waals surface area contributed by atoms with Gasteiger partial charge in [-0.1, -0.05) is 0 Å². The van der Waals surface area contributed by atoms with Crippen LogP contribution in [-0.4, -0.2) is 31.4 Å². The molecule has 0 radical (unpaired) electrons. The van der Waals surface area contributed by atoms with Crippen molar-refractivity contribution < 1.29 is 17.7 Å². The van der Waals surface area contributed by atoms with E-state index in [0.29, 0.717) is 6.42 Å². The van der Waals surface area contributed by atoms with Crippen LogP contribution in [0.25, 0.3) is 0 Å². The predicted molar refractivity (Wildman–Crippen MR) is 71.5 cm³/mol. The van der Waals surface area contributed by atoms with E-state index in [-0.39, 0.29) is 35.7 Å². The van der Waals surface area contributed by atoms with Gasteiger partial charge < -0.3 is 5.73 Å².